The third kappa shape index (κ3) is 3.35. The Labute approximate surface area is 158 Å². The number of aryl methyl sites for hydroxylation is 1. The molecule has 140 valence electrons. The Morgan fingerprint density at radius 1 is 1.18 bits per heavy atom. The van der Waals surface area contributed by atoms with Gasteiger partial charge in [-0.15, -0.1) is 0 Å². The predicted octanol–water partition coefficient (Wildman–Crippen LogP) is 4.14. The maximum atomic E-state index is 13.4. The minimum Gasteiger partial charge on any atom is -0.507 e. The highest BCUT2D eigenvalue weighted by molar-refractivity contribution is 6.03. The second-order valence-corrected chi connectivity index (χ2v) is 6.21. The van der Waals surface area contributed by atoms with Crippen LogP contribution in [0.4, 0.5) is 10.1 Å². The van der Waals surface area contributed by atoms with Crippen LogP contribution in [-0.4, -0.2) is 26.4 Å². The number of aromatic amines is 1. The van der Waals surface area contributed by atoms with E-state index in [-0.39, 0.29) is 17.4 Å². The van der Waals surface area contributed by atoms with Gasteiger partial charge in [0.15, 0.2) is 5.69 Å². The minimum absolute atomic E-state index is 0.0549. The number of amides is 1. The Balaban J connectivity index is 1.53. The SMILES string of the molecule is Cc1conc1C(=O)Nc1ccc(-c2cc(-c3cc(F)ccc3O)n[nH]2)cc1. The molecule has 4 rings (SSSR count). The van der Waals surface area contributed by atoms with Gasteiger partial charge in [-0.2, -0.15) is 5.10 Å². The number of benzene rings is 2. The van der Waals surface area contributed by atoms with Gasteiger partial charge in [0.1, 0.15) is 17.8 Å². The summed E-state index contributed by atoms with van der Waals surface area (Å²) in [7, 11) is 0. The van der Waals surface area contributed by atoms with E-state index in [1.165, 1.54) is 24.5 Å². The van der Waals surface area contributed by atoms with Crippen molar-refractivity contribution in [2.75, 3.05) is 5.32 Å². The van der Waals surface area contributed by atoms with Crippen LogP contribution in [0, 0.1) is 12.7 Å². The predicted molar refractivity (Wildman–Crippen MR) is 100 cm³/mol. The van der Waals surface area contributed by atoms with Crippen LogP contribution in [0.1, 0.15) is 16.1 Å². The van der Waals surface area contributed by atoms with E-state index < -0.39 is 5.82 Å². The largest absolute Gasteiger partial charge is 0.507 e. The summed E-state index contributed by atoms with van der Waals surface area (Å²) in [5.74, 6) is -0.871. The van der Waals surface area contributed by atoms with Crippen molar-refractivity contribution in [1.29, 1.82) is 0 Å². The molecular formula is C20H15FN4O3. The van der Waals surface area contributed by atoms with E-state index in [2.05, 4.69) is 20.7 Å². The molecule has 28 heavy (non-hydrogen) atoms. The molecule has 0 unspecified atom stereocenters. The van der Waals surface area contributed by atoms with Crippen LogP contribution >= 0.6 is 0 Å². The third-order valence-electron chi connectivity index (χ3n) is 4.23. The van der Waals surface area contributed by atoms with E-state index >= 15 is 0 Å². The molecule has 0 bridgehead atoms. The molecule has 2 heterocycles. The summed E-state index contributed by atoms with van der Waals surface area (Å²) in [4.78, 5) is 12.2. The van der Waals surface area contributed by atoms with Gasteiger partial charge in [-0.3, -0.25) is 9.89 Å². The molecule has 0 radical (unpaired) electrons. The van der Waals surface area contributed by atoms with Gasteiger partial charge in [0.05, 0.1) is 11.4 Å². The van der Waals surface area contributed by atoms with Crippen LogP contribution in [0.5, 0.6) is 5.75 Å². The van der Waals surface area contributed by atoms with Crippen molar-refractivity contribution >= 4 is 11.6 Å². The number of H-pyrrole nitrogens is 1. The molecule has 0 aliphatic heterocycles. The number of carbonyl (C=O) groups is 1. The lowest BCUT2D eigenvalue weighted by atomic mass is 10.1. The van der Waals surface area contributed by atoms with E-state index in [0.29, 0.717) is 28.2 Å². The summed E-state index contributed by atoms with van der Waals surface area (Å²) in [6.45, 7) is 1.74. The zero-order chi connectivity index (χ0) is 19.7. The van der Waals surface area contributed by atoms with E-state index in [1.807, 2.05) is 0 Å². The van der Waals surface area contributed by atoms with Crippen molar-refractivity contribution < 1.29 is 18.8 Å². The van der Waals surface area contributed by atoms with Crippen molar-refractivity contribution in [2.24, 2.45) is 0 Å². The zero-order valence-electron chi connectivity index (χ0n) is 14.7. The lowest BCUT2D eigenvalue weighted by Crippen LogP contribution is -2.13. The topological polar surface area (TPSA) is 104 Å². The number of nitrogens with one attached hydrogen (secondary N) is 2. The fourth-order valence-corrected chi connectivity index (χ4v) is 2.75. The molecule has 0 aliphatic carbocycles. The zero-order valence-corrected chi connectivity index (χ0v) is 14.7. The highest BCUT2D eigenvalue weighted by Crippen LogP contribution is 2.31. The van der Waals surface area contributed by atoms with E-state index in [0.717, 1.165) is 5.56 Å². The molecule has 4 aromatic rings. The Kier molecular flexibility index (Phi) is 4.36. The van der Waals surface area contributed by atoms with Gasteiger partial charge in [-0.05, 0) is 48.9 Å². The molecule has 8 heteroatoms. The lowest BCUT2D eigenvalue weighted by molar-refractivity contribution is 0.101. The summed E-state index contributed by atoms with van der Waals surface area (Å²) in [6, 6.07) is 12.5. The van der Waals surface area contributed by atoms with Crippen LogP contribution in [-0.2, 0) is 0 Å². The molecule has 1 amide bonds. The number of carbonyl (C=O) groups excluding carboxylic acids is 1. The van der Waals surface area contributed by atoms with Gasteiger partial charge in [-0.25, -0.2) is 4.39 Å². The number of phenolic OH excluding ortho intramolecular Hbond substituents is 1. The van der Waals surface area contributed by atoms with E-state index in [1.54, 1.807) is 37.3 Å². The summed E-state index contributed by atoms with van der Waals surface area (Å²) >= 11 is 0. The fraction of sp³-hybridized carbons (Fsp3) is 0.0500. The van der Waals surface area contributed by atoms with Crippen LogP contribution in [0.2, 0.25) is 0 Å². The van der Waals surface area contributed by atoms with Gasteiger partial charge in [0.25, 0.3) is 5.91 Å². The molecule has 0 atom stereocenters. The number of hydrogen-bond acceptors (Lipinski definition) is 5. The molecule has 2 aromatic carbocycles. The monoisotopic (exact) mass is 378 g/mol. The summed E-state index contributed by atoms with van der Waals surface area (Å²) in [6.07, 6.45) is 1.41. The van der Waals surface area contributed by atoms with Gasteiger partial charge in [-0.1, -0.05) is 17.3 Å². The second kappa shape index (κ2) is 6.99. The second-order valence-electron chi connectivity index (χ2n) is 6.21. The number of halogens is 1. The van der Waals surface area contributed by atoms with Gasteiger partial charge in [0.2, 0.25) is 0 Å². The minimum atomic E-state index is -0.459. The number of aromatic hydroxyl groups is 1. The molecule has 0 saturated carbocycles. The highest BCUT2D eigenvalue weighted by atomic mass is 19.1. The molecule has 0 spiro atoms. The summed E-state index contributed by atoms with van der Waals surface area (Å²) in [5, 5.41) is 23.3. The van der Waals surface area contributed by atoms with Crippen molar-refractivity contribution in [3.63, 3.8) is 0 Å². The van der Waals surface area contributed by atoms with Crippen molar-refractivity contribution in [3.05, 3.63) is 71.9 Å². The third-order valence-corrected chi connectivity index (χ3v) is 4.23. The first-order valence-corrected chi connectivity index (χ1v) is 8.38. The first kappa shape index (κ1) is 17.5. The molecular weight excluding hydrogens is 363 g/mol. The van der Waals surface area contributed by atoms with Gasteiger partial charge < -0.3 is 14.9 Å². The van der Waals surface area contributed by atoms with Crippen LogP contribution in [0.3, 0.4) is 0 Å². The van der Waals surface area contributed by atoms with Crippen molar-refractivity contribution in [1.82, 2.24) is 15.4 Å². The first-order valence-electron chi connectivity index (χ1n) is 8.38. The van der Waals surface area contributed by atoms with Gasteiger partial charge >= 0.3 is 0 Å². The Hall–Kier alpha value is -3.94. The van der Waals surface area contributed by atoms with Crippen LogP contribution in [0.25, 0.3) is 22.5 Å². The number of hydrogen-bond donors (Lipinski definition) is 3. The standard InChI is InChI=1S/C20H15FN4O3/c1-11-10-28-25-19(11)20(27)22-14-5-2-12(3-6-14)16-9-17(24-23-16)15-8-13(21)4-7-18(15)26/h2-10,26H,1H3,(H,22,27)(H,23,24). The number of rotatable bonds is 4. The average Bonchev–Trinajstić information content (AvgIpc) is 3.33. The smallest absolute Gasteiger partial charge is 0.278 e. The Bertz CT molecular complexity index is 1150. The normalized spacial score (nSPS) is 10.8. The van der Waals surface area contributed by atoms with Crippen LogP contribution < -0.4 is 5.32 Å². The summed E-state index contributed by atoms with van der Waals surface area (Å²) < 4.78 is 18.2. The Morgan fingerprint density at radius 3 is 2.68 bits per heavy atom. The van der Waals surface area contributed by atoms with Crippen molar-refractivity contribution in [3.8, 4) is 28.3 Å². The number of anilines is 1. The van der Waals surface area contributed by atoms with Crippen molar-refractivity contribution in [2.45, 2.75) is 6.92 Å². The molecule has 0 saturated heterocycles. The number of aromatic nitrogens is 3. The Morgan fingerprint density at radius 2 is 1.96 bits per heavy atom. The lowest BCUT2D eigenvalue weighted by Gasteiger charge is -2.04. The first-order chi connectivity index (χ1) is 13.5. The number of nitrogens with zero attached hydrogens (tertiary/aromatic N) is 2. The maximum Gasteiger partial charge on any atom is 0.278 e. The average molecular weight is 378 g/mol. The molecule has 0 fully saturated rings. The van der Waals surface area contributed by atoms with Crippen LogP contribution in [0.15, 0.2) is 59.3 Å². The number of phenols is 1. The molecule has 2 aromatic heterocycles. The highest BCUT2D eigenvalue weighted by Gasteiger charge is 2.14. The molecule has 7 nitrogen and oxygen atoms in total. The molecule has 3 N–H and O–H groups in total. The maximum absolute atomic E-state index is 13.4. The fourth-order valence-electron chi connectivity index (χ4n) is 2.75. The van der Waals surface area contributed by atoms with Gasteiger partial charge in [0, 0.05) is 16.8 Å². The molecule has 0 aliphatic rings. The quantitative estimate of drug-likeness (QED) is 0.495. The van der Waals surface area contributed by atoms with E-state index in [9.17, 15) is 14.3 Å². The summed E-state index contributed by atoms with van der Waals surface area (Å²) in [5.41, 5.74) is 3.70. The van der Waals surface area contributed by atoms with E-state index in [4.69, 9.17) is 4.52 Å².